The number of piperidine rings is 1. The molecule has 34 nitrogen and oxygen atoms in total. The smallest absolute Gasteiger partial charge is 0.327 e. The van der Waals surface area contributed by atoms with E-state index in [1.165, 1.54) is 35.6 Å². The fourth-order valence-electron chi connectivity index (χ4n) is 13.1. The maximum atomic E-state index is 15.0. The lowest BCUT2D eigenvalue weighted by molar-refractivity contribution is -0.151. The molecule has 0 spiro atoms. The third-order valence-corrected chi connectivity index (χ3v) is 23.5. The van der Waals surface area contributed by atoms with Crippen LogP contribution in [0, 0.1) is 29.6 Å². The lowest BCUT2D eigenvalue weighted by Gasteiger charge is -2.39. The van der Waals surface area contributed by atoms with Crippen LogP contribution < -0.4 is 42.5 Å². The number of hydrogen-bond donors (Lipinski definition) is 14. The minimum atomic E-state index is -1.74. The number of carboxylic acid groups (broad SMARTS) is 5. The van der Waals surface area contributed by atoms with E-state index in [-0.39, 0.29) is 142 Å². The molecule has 1 saturated heterocycles. The van der Waals surface area contributed by atoms with Crippen molar-refractivity contribution >= 4 is 122 Å². The van der Waals surface area contributed by atoms with Crippen LogP contribution in [0.4, 0.5) is 9.59 Å². The number of phenols is 1. The summed E-state index contributed by atoms with van der Waals surface area (Å²) in [6.45, 7) is 14.9. The number of amides is 9. The van der Waals surface area contributed by atoms with Gasteiger partial charge in [0, 0.05) is 92.2 Å². The molecule has 1 fully saturated rings. The Hall–Kier alpha value is -9.46. The van der Waals surface area contributed by atoms with E-state index in [2.05, 4.69) is 68.2 Å². The van der Waals surface area contributed by atoms with Crippen LogP contribution in [0.25, 0.3) is 0 Å². The van der Waals surface area contributed by atoms with Crippen molar-refractivity contribution in [3.05, 3.63) is 81.3 Å². The minimum absolute atomic E-state index is 0.0163. The second-order valence-corrected chi connectivity index (χ2v) is 33.4. The molecule has 117 heavy (non-hydrogen) atoms. The summed E-state index contributed by atoms with van der Waals surface area (Å²) in [6.07, 6.45) is 4.85. The summed E-state index contributed by atoms with van der Waals surface area (Å²) in [5.41, 5.74) is 1.90. The molecule has 0 radical (unpaired) electrons. The maximum absolute atomic E-state index is 15.0. The number of carbonyl (C=O) groups excluding carboxylic acids is 10. The van der Waals surface area contributed by atoms with Gasteiger partial charge in [-0.05, 0) is 118 Å². The second-order valence-electron chi connectivity index (χ2n) is 29.9. The number of aromatic nitrogens is 1. The number of unbranched alkanes of at least 4 members (excludes halogenated alkanes) is 3. The number of thiazole rings is 1. The molecule has 650 valence electrons. The molecular weight excluding hydrogens is 1580 g/mol. The molecule has 3 aromatic rings. The van der Waals surface area contributed by atoms with Gasteiger partial charge in [0.2, 0.25) is 23.6 Å². The molecule has 2 aromatic carbocycles. The number of ether oxygens (including phenoxy) is 2. The molecule has 1 aliphatic rings. The molecule has 37 heteroatoms. The van der Waals surface area contributed by atoms with Crippen LogP contribution in [0.1, 0.15) is 202 Å². The first-order chi connectivity index (χ1) is 55.6. The number of aliphatic carboxylic acids is 5. The molecule has 9 amide bonds. The average Bonchev–Trinajstić information content (AvgIpc) is 1.72. The van der Waals surface area contributed by atoms with Gasteiger partial charge in [-0.1, -0.05) is 132 Å². The van der Waals surface area contributed by atoms with Crippen LogP contribution in [0.5, 0.6) is 5.75 Å². The molecule has 0 bridgehead atoms. The lowest BCUT2D eigenvalue weighted by atomic mass is 9.82. The van der Waals surface area contributed by atoms with Crippen LogP contribution in [0.3, 0.4) is 0 Å². The summed E-state index contributed by atoms with van der Waals surface area (Å²) >= 11 is 1.32. The largest absolute Gasteiger partial charge is 0.508 e. The molecule has 1 aliphatic heterocycles. The van der Waals surface area contributed by atoms with Crippen molar-refractivity contribution in [3.8, 4) is 5.75 Å². The van der Waals surface area contributed by atoms with Gasteiger partial charge < -0.3 is 87.5 Å². The number of Topliss-reactive ketones (excluding diaryl/α,β-unsaturated/α-hetero) is 2. The molecule has 0 saturated carbocycles. The molecule has 1 unspecified atom stereocenters. The van der Waals surface area contributed by atoms with Gasteiger partial charge in [0.05, 0.1) is 42.3 Å². The number of esters is 1. The van der Waals surface area contributed by atoms with Crippen LogP contribution >= 0.6 is 32.9 Å². The number of likely N-dealkylation sites (N-methyl/N-ethyl adjacent to an activating group) is 1. The molecular formula is C80H119N11O23S3. The van der Waals surface area contributed by atoms with E-state index in [1.54, 1.807) is 36.6 Å². The van der Waals surface area contributed by atoms with Crippen LogP contribution in [0.2, 0.25) is 0 Å². The monoisotopic (exact) mass is 1700 g/mol. The van der Waals surface area contributed by atoms with Gasteiger partial charge in [0.1, 0.15) is 43.4 Å². The fraction of sp³-hybridized carbons (Fsp3) is 0.625. The van der Waals surface area contributed by atoms with E-state index in [1.807, 2.05) is 32.7 Å². The summed E-state index contributed by atoms with van der Waals surface area (Å²) < 4.78 is 11.5. The van der Waals surface area contributed by atoms with E-state index in [4.69, 9.17) is 19.6 Å². The Bertz CT molecular complexity index is 3740. The summed E-state index contributed by atoms with van der Waals surface area (Å²) in [5, 5.41) is 80.1. The summed E-state index contributed by atoms with van der Waals surface area (Å²) in [7, 11) is 3.97. The van der Waals surface area contributed by atoms with Crippen molar-refractivity contribution in [1.82, 2.24) is 57.3 Å². The van der Waals surface area contributed by atoms with E-state index in [0.717, 1.165) is 72.2 Å². The van der Waals surface area contributed by atoms with Crippen molar-refractivity contribution < 1.29 is 112 Å². The van der Waals surface area contributed by atoms with E-state index in [0.29, 0.717) is 48.4 Å². The van der Waals surface area contributed by atoms with Gasteiger partial charge in [-0.3, -0.25) is 57.6 Å². The SMILES string of the molecule is CCCCCOCN(C(=O)[C@@H](CC(=O)[C@H]1CCCCN1C)C(C)CC)[C@H](C[C@@H](C)c1nc(C(=O)N[C@@H](Cc2ccc(O)cc2)C[C@H](C)C(=O)NCC(=O)OCCSSC[C@H](NC(=O)[C@H](CC(=O)O)CC(=O)[C@H](CC(=O)O)NC(=O)Cc2ccc(CNC(=O)NCCCC[C@H](NC(=O)NCCCC(=O)O)C(=O)O)cc2)C(=O)O)cs1)C(C)C. The van der Waals surface area contributed by atoms with Crippen molar-refractivity contribution in [2.24, 2.45) is 29.6 Å². The summed E-state index contributed by atoms with van der Waals surface area (Å²) in [5.74, 6) is -15.2. The number of hydrogen-bond acceptors (Lipinski definition) is 23. The van der Waals surface area contributed by atoms with E-state index in [9.17, 15) is 92.7 Å². The van der Waals surface area contributed by atoms with Crippen molar-refractivity contribution in [1.29, 1.82) is 0 Å². The Kier molecular flexibility index (Phi) is 45.9. The van der Waals surface area contributed by atoms with Gasteiger partial charge >= 0.3 is 47.9 Å². The maximum Gasteiger partial charge on any atom is 0.327 e. The Labute approximate surface area is 694 Å². The number of nitrogens with one attached hydrogen (secondary N) is 8. The third-order valence-electron chi connectivity index (χ3n) is 20.0. The third kappa shape index (κ3) is 38.7. The van der Waals surface area contributed by atoms with Crippen molar-refractivity contribution in [2.75, 3.05) is 64.7 Å². The first kappa shape index (κ1) is 99.9. The molecule has 2 heterocycles. The number of nitrogens with zero attached hydrogens (tertiary/aromatic N) is 3. The first-order valence-corrected chi connectivity index (χ1v) is 43.2. The zero-order valence-corrected chi connectivity index (χ0v) is 70.5. The normalized spacial score (nSPS) is 15.3. The number of carboxylic acids is 5. The lowest BCUT2D eigenvalue weighted by Crippen LogP contribution is -2.50. The quantitative estimate of drug-likeness (QED) is 0.0114. The standard InChI is InChI=1S/C80H119N11O23S3/c1-9-11-16-32-113-47-91(76(106)58(49(5)10-2)41-66(94)63-19-13-15-31-90(63)8)64(48(3)4)36-51(7)75-88-61(45-115-75)74(105)85-56(37-52-25-27-57(92)28-26-52)35-50(6)72(103)83-44-71(102)114-33-34-116-117-46-62(78(109)110)87-73(104)55(40-69(98)99)39-65(93)60(42-70(100)101)86-67(95)38-53-21-23-54(24-22-53)43-84-79(111)81-29-14-12-18-59(77(107)108)89-80(112)82-30-17-20-68(96)97/h21-28,45,48-51,55-56,58-60,62-64,92H,9-20,29-44,46-47H2,1-8H3,(H,83,103)(H,85,105)(H,86,95)(H,87,104)(H,96,97)(H,98,99)(H,100,101)(H,107,108)(H,109,110)(H2,81,84,111)(H2,82,89,112)/t49?,50-,51+,55-,56+,58-,59-,60-,62-,63+,64+/m0/s1. The minimum Gasteiger partial charge on any atom is -0.508 e. The van der Waals surface area contributed by atoms with Gasteiger partial charge in [-0.2, -0.15) is 0 Å². The molecule has 4 rings (SSSR count). The van der Waals surface area contributed by atoms with Gasteiger partial charge in [-0.15, -0.1) is 11.3 Å². The van der Waals surface area contributed by atoms with Gasteiger partial charge in [-0.25, -0.2) is 24.2 Å². The van der Waals surface area contributed by atoms with E-state index < -0.39 is 145 Å². The highest BCUT2D eigenvalue weighted by molar-refractivity contribution is 8.76. The molecule has 1 aromatic heterocycles. The highest BCUT2D eigenvalue weighted by Crippen LogP contribution is 2.33. The Morgan fingerprint density at radius 1 is 0.658 bits per heavy atom. The van der Waals surface area contributed by atoms with Crippen LogP contribution in [-0.4, -0.2) is 235 Å². The first-order valence-electron chi connectivity index (χ1n) is 39.8. The number of urea groups is 2. The van der Waals surface area contributed by atoms with Crippen molar-refractivity contribution in [3.63, 3.8) is 0 Å². The van der Waals surface area contributed by atoms with Gasteiger partial charge in [0.15, 0.2) is 11.6 Å². The number of aromatic hydroxyl groups is 1. The van der Waals surface area contributed by atoms with Crippen LogP contribution in [0.15, 0.2) is 53.9 Å². The Morgan fingerprint density at radius 2 is 1.32 bits per heavy atom. The number of benzene rings is 2. The number of phenolic OH excluding ortho intramolecular Hbond substituents is 1. The predicted octanol–water partition coefficient (Wildman–Crippen LogP) is 7.28. The zero-order valence-electron chi connectivity index (χ0n) is 68.0. The average molecular weight is 1700 g/mol. The number of likely N-dealkylation sites (tertiary alicyclic amines) is 1. The topological polar surface area (TPSA) is 511 Å². The fourth-order valence-corrected chi connectivity index (χ4v) is 15.9. The number of carbonyl (C=O) groups is 15. The van der Waals surface area contributed by atoms with Gasteiger partial charge in [0.25, 0.3) is 5.91 Å². The second kappa shape index (κ2) is 53.8. The van der Waals surface area contributed by atoms with Crippen LogP contribution in [-0.2, 0) is 86.4 Å². The number of ketones is 2. The summed E-state index contributed by atoms with van der Waals surface area (Å²) in [4.78, 5) is 202. The Morgan fingerprint density at radius 3 is 1.97 bits per heavy atom. The Balaban J connectivity index is 1.26. The highest BCUT2D eigenvalue weighted by atomic mass is 33.1. The summed E-state index contributed by atoms with van der Waals surface area (Å²) in [6, 6.07) is 5.57. The number of rotatable bonds is 58. The molecule has 11 atom stereocenters. The molecule has 14 N–H and O–H groups in total. The highest BCUT2D eigenvalue weighted by Gasteiger charge is 2.39. The zero-order chi connectivity index (χ0) is 86.7. The molecule has 0 aliphatic carbocycles. The predicted molar refractivity (Wildman–Crippen MR) is 438 cm³/mol. The van der Waals surface area contributed by atoms with Crippen molar-refractivity contribution in [2.45, 2.75) is 226 Å². The van der Waals surface area contributed by atoms with E-state index >= 15 is 4.79 Å².